The topological polar surface area (TPSA) is 85.2 Å². The van der Waals surface area contributed by atoms with Gasteiger partial charge in [-0.25, -0.2) is 4.68 Å². The molecule has 1 aliphatic heterocycles. The highest BCUT2D eigenvalue weighted by Crippen LogP contribution is 2.39. The van der Waals surface area contributed by atoms with Gasteiger partial charge in [0.25, 0.3) is 5.91 Å². The molecule has 2 aromatic carbocycles. The molecule has 1 unspecified atom stereocenters. The van der Waals surface area contributed by atoms with Crippen molar-refractivity contribution >= 4 is 23.3 Å². The molecule has 1 atom stereocenters. The first-order valence-electron chi connectivity index (χ1n) is 9.93. The summed E-state index contributed by atoms with van der Waals surface area (Å²) in [5.41, 5.74) is 4.47. The number of aromatic nitrogens is 2. The minimum Gasteiger partial charge on any atom is -0.497 e. The van der Waals surface area contributed by atoms with Crippen LogP contribution in [0.3, 0.4) is 0 Å². The third-order valence-corrected chi connectivity index (χ3v) is 5.22. The first-order valence-corrected chi connectivity index (χ1v) is 9.93. The highest BCUT2D eigenvalue weighted by molar-refractivity contribution is 6.04. The number of nitrogens with one attached hydrogen (secondary N) is 2. The second kappa shape index (κ2) is 8.02. The van der Waals surface area contributed by atoms with Crippen molar-refractivity contribution in [3.63, 3.8) is 0 Å². The van der Waals surface area contributed by atoms with Gasteiger partial charge in [0.1, 0.15) is 17.6 Å². The number of anilines is 2. The number of benzene rings is 2. The van der Waals surface area contributed by atoms with Gasteiger partial charge in [0.15, 0.2) is 0 Å². The lowest BCUT2D eigenvalue weighted by atomic mass is 10.0. The van der Waals surface area contributed by atoms with Crippen LogP contribution in [-0.4, -0.2) is 28.7 Å². The van der Waals surface area contributed by atoms with Gasteiger partial charge in [0.2, 0.25) is 5.91 Å². The molecule has 0 bridgehead atoms. The van der Waals surface area contributed by atoms with Crippen LogP contribution < -0.4 is 15.4 Å². The Balaban J connectivity index is 1.60. The molecule has 154 valence electrons. The SMILES string of the molecule is CCc1nn2c(c1-c1ccc(OC)cc1)NC(=O)C2CC(=O)Nc1cccc(C)c1. The van der Waals surface area contributed by atoms with E-state index < -0.39 is 6.04 Å². The summed E-state index contributed by atoms with van der Waals surface area (Å²) in [6.07, 6.45) is 0.721. The maximum Gasteiger partial charge on any atom is 0.251 e. The fourth-order valence-corrected chi connectivity index (χ4v) is 3.74. The molecule has 0 saturated carbocycles. The fourth-order valence-electron chi connectivity index (χ4n) is 3.74. The Labute approximate surface area is 175 Å². The highest BCUT2D eigenvalue weighted by Gasteiger charge is 2.36. The van der Waals surface area contributed by atoms with E-state index >= 15 is 0 Å². The van der Waals surface area contributed by atoms with Crippen molar-refractivity contribution in [2.45, 2.75) is 32.7 Å². The van der Waals surface area contributed by atoms with Crippen LogP contribution in [0.4, 0.5) is 11.5 Å². The largest absolute Gasteiger partial charge is 0.497 e. The van der Waals surface area contributed by atoms with Gasteiger partial charge in [-0.3, -0.25) is 9.59 Å². The van der Waals surface area contributed by atoms with Gasteiger partial charge in [0, 0.05) is 11.3 Å². The molecule has 0 saturated heterocycles. The van der Waals surface area contributed by atoms with E-state index in [-0.39, 0.29) is 18.2 Å². The summed E-state index contributed by atoms with van der Waals surface area (Å²) in [5, 5.41) is 10.4. The summed E-state index contributed by atoms with van der Waals surface area (Å²) in [6, 6.07) is 14.5. The molecule has 1 aliphatic rings. The summed E-state index contributed by atoms with van der Waals surface area (Å²) in [6.45, 7) is 3.98. The third-order valence-electron chi connectivity index (χ3n) is 5.22. The van der Waals surface area contributed by atoms with Crippen LogP contribution in [0.1, 0.15) is 30.6 Å². The Morgan fingerprint density at radius 1 is 1.23 bits per heavy atom. The number of hydrogen-bond donors (Lipinski definition) is 2. The molecule has 0 radical (unpaired) electrons. The molecule has 0 aliphatic carbocycles. The van der Waals surface area contributed by atoms with Gasteiger partial charge in [-0.2, -0.15) is 5.10 Å². The van der Waals surface area contributed by atoms with E-state index in [0.717, 1.165) is 28.1 Å². The second-order valence-electron chi connectivity index (χ2n) is 7.32. The maximum absolute atomic E-state index is 12.6. The number of carbonyl (C=O) groups excluding carboxylic acids is 2. The zero-order valence-electron chi connectivity index (χ0n) is 17.2. The van der Waals surface area contributed by atoms with Gasteiger partial charge in [-0.1, -0.05) is 31.2 Å². The van der Waals surface area contributed by atoms with Crippen molar-refractivity contribution in [3.05, 3.63) is 59.8 Å². The number of amides is 2. The van der Waals surface area contributed by atoms with Crippen molar-refractivity contribution in [2.75, 3.05) is 17.7 Å². The lowest BCUT2D eigenvalue weighted by Gasteiger charge is -2.10. The summed E-state index contributed by atoms with van der Waals surface area (Å²) >= 11 is 0. The number of nitrogens with zero attached hydrogens (tertiary/aromatic N) is 2. The first kappa shape index (κ1) is 19.7. The van der Waals surface area contributed by atoms with Crippen molar-refractivity contribution in [3.8, 4) is 16.9 Å². The van der Waals surface area contributed by atoms with E-state index in [9.17, 15) is 9.59 Å². The Hall–Kier alpha value is -3.61. The quantitative estimate of drug-likeness (QED) is 0.651. The van der Waals surface area contributed by atoms with Crippen LogP contribution in [0.5, 0.6) is 5.75 Å². The molecule has 30 heavy (non-hydrogen) atoms. The number of aryl methyl sites for hydroxylation is 2. The highest BCUT2D eigenvalue weighted by atomic mass is 16.5. The van der Waals surface area contributed by atoms with Crippen LogP contribution in [0.15, 0.2) is 48.5 Å². The first-order chi connectivity index (χ1) is 14.5. The Kier molecular flexibility index (Phi) is 5.27. The van der Waals surface area contributed by atoms with Crippen molar-refractivity contribution < 1.29 is 14.3 Å². The van der Waals surface area contributed by atoms with Gasteiger partial charge in [-0.05, 0) is 48.7 Å². The number of hydrogen-bond acceptors (Lipinski definition) is 4. The van der Waals surface area contributed by atoms with E-state index in [0.29, 0.717) is 17.9 Å². The standard InChI is InChI=1S/C23H24N4O3/c1-4-18-21(15-8-10-17(30-3)11-9-15)22-25-23(29)19(27(22)26-18)13-20(28)24-16-7-5-6-14(2)12-16/h5-12,19H,4,13H2,1-3H3,(H,24,28)(H,25,29). The molecule has 3 aromatic rings. The molecule has 7 heteroatoms. The Bertz CT molecular complexity index is 1100. The lowest BCUT2D eigenvalue weighted by molar-refractivity contribution is -0.123. The van der Waals surface area contributed by atoms with Crippen molar-refractivity contribution in [1.29, 1.82) is 0 Å². The van der Waals surface area contributed by atoms with Gasteiger partial charge < -0.3 is 15.4 Å². The third kappa shape index (κ3) is 3.66. The van der Waals surface area contributed by atoms with Gasteiger partial charge in [-0.15, -0.1) is 0 Å². The average molecular weight is 404 g/mol. The molecular formula is C23H24N4O3. The zero-order chi connectivity index (χ0) is 21.3. The minimum absolute atomic E-state index is 0.0136. The van der Waals surface area contributed by atoms with Crippen LogP contribution in [0.25, 0.3) is 11.1 Å². The smallest absolute Gasteiger partial charge is 0.251 e. The van der Waals surface area contributed by atoms with Gasteiger partial charge >= 0.3 is 0 Å². The average Bonchev–Trinajstić information content (AvgIpc) is 3.23. The van der Waals surface area contributed by atoms with E-state index in [1.54, 1.807) is 11.8 Å². The van der Waals surface area contributed by atoms with E-state index in [2.05, 4.69) is 15.7 Å². The molecule has 1 aromatic heterocycles. The van der Waals surface area contributed by atoms with Crippen LogP contribution in [0.2, 0.25) is 0 Å². The Morgan fingerprint density at radius 2 is 2.00 bits per heavy atom. The molecule has 2 heterocycles. The minimum atomic E-state index is -0.679. The molecule has 2 N–H and O–H groups in total. The summed E-state index contributed by atoms with van der Waals surface area (Å²) < 4.78 is 6.88. The van der Waals surface area contributed by atoms with E-state index in [1.165, 1.54) is 0 Å². The lowest BCUT2D eigenvalue weighted by Crippen LogP contribution is -2.24. The number of carbonyl (C=O) groups is 2. The van der Waals surface area contributed by atoms with E-state index in [4.69, 9.17) is 4.74 Å². The van der Waals surface area contributed by atoms with Gasteiger partial charge in [0.05, 0.1) is 19.2 Å². The molecule has 0 spiro atoms. The molecule has 2 amide bonds. The van der Waals surface area contributed by atoms with Crippen molar-refractivity contribution in [2.24, 2.45) is 0 Å². The summed E-state index contributed by atoms with van der Waals surface area (Å²) in [4.78, 5) is 25.2. The number of rotatable bonds is 6. The van der Waals surface area contributed by atoms with Crippen LogP contribution in [0, 0.1) is 6.92 Å². The Morgan fingerprint density at radius 3 is 2.67 bits per heavy atom. The zero-order valence-corrected chi connectivity index (χ0v) is 17.2. The summed E-state index contributed by atoms with van der Waals surface area (Å²) in [5.74, 6) is 0.938. The van der Waals surface area contributed by atoms with Crippen LogP contribution in [-0.2, 0) is 16.0 Å². The second-order valence-corrected chi connectivity index (χ2v) is 7.32. The number of fused-ring (bicyclic) bond motifs is 1. The predicted molar refractivity (Wildman–Crippen MR) is 116 cm³/mol. The number of methoxy groups -OCH3 is 1. The summed E-state index contributed by atoms with van der Waals surface area (Å²) in [7, 11) is 1.62. The van der Waals surface area contributed by atoms with Crippen LogP contribution >= 0.6 is 0 Å². The molecular weight excluding hydrogens is 380 g/mol. The molecule has 7 nitrogen and oxygen atoms in total. The predicted octanol–water partition coefficient (Wildman–Crippen LogP) is 3.95. The monoisotopic (exact) mass is 404 g/mol. The van der Waals surface area contributed by atoms with E-state index in [1.807, 2.05) is 62.4 Å². The fraction of sp³-hybridized carbons (Fsp3) is 0.261. The van der Waals surface area contributed by atoms with Crippen molar-refractivity contribution in [1.82, 2.24) is 9.78 Å². The molecule has 4 rings (SSSR count). The normalized spacial score (nSPS) is 14.9. The number of ether oxygens (including phenoxy) is 1. The molecule has 0 fully saturated rings. The maximum atomic E-state index is 12.6.